The molecule has 0 aliphatic rings. The largest absolute Gasteiger partial charge is 0.496 e. The molecule has 0 aliphatic carbocycles. The van der Waals surface area contributed by atoms with Gasteiger partial charge in [-0.1, -0.05) is 30.4 Å². The van der Waals surface area contributed by atoms with E-state index in [1.807, 2.05) is 43.3 Å². The fraction of sp³-hybridized carbons (Fsp3) is 0.357. The highest BCUT2D eigenvalue weighted by Crippen LogP contribution is 2.16. The van der Waals surface area contributed by atoms with Crippen LogP contribution < -0.4 is 10.1 Å². The number of nitrogens with one attached hydrogen (secondary N) is 1. The Bertz CT molecular complexity index is 405. The van der Waals surface area contributed by atoms with E-state index >= 15 is 0 Å². The summed E-state index contributed by atoms with van der Waals surface area (Å²) >= 11 is 1.60. The van der Waals surface area contributed by atoms with Crippen LogP contribution in [0.5, 0.6) is 5.75 Å². The Morgan fingerprint density at radius 3 is 2.94 bits per heavy atom. The van der Waals surface area contributed by atoms with Crippen LogP contribution in [-0.4, -0.2) is 24.5 Å². The summed E-state index contributed by atoms with van der Waals surface area (Å²) in [6.45, 7) is 2.48. The number of benzene rings is 1. The van der Waals surface area contributed by atoms with Gasteiger partial charge in [-0.25, -0.2) is 0 Å². The van der Waals surface area contributed by atoms with Gasteiger partial charge in [-0.05, 0) is 13.0 Å². The second-order valence-corrected chi connectivity index (χ2v) is 4.70. The van der Waals surface area contributed by atoms with Crippen molar-refractivity contribution in [1.29, 1.82) is 0 Å². The SMILES string of the molecule is CC=CCSCC(=O)NCc1ccccc1OC. The first kappa shape index (κ1) is 14.6. The highest BCUT2D eigenvalue weighted by atomic mass is 32.2. The molecule has 0 aromatic heterocycles. The summed E-state index contributed by atoms with van der Waals surface area (Å²) in [6.07, 6.45) is 4.03. The Morgan fingerprint density at radius 1 is 1.44 bits per heavy atom. The summed E-state index contributed by atoms with van der Waals surface area (Å²) in [6, 6.07) is 7.69. The molecule has 98 valence electrons. The zero-order valence-electron chi connectivity index (χ0n) is 10.8. The minimum absolute atomic E-state index is 0.0513. The molecular formula is C14H19NO2S. The van der Waals surface area contributed by atoms with E-state index in [2.05, 4.69) is 5.32 Å². The molecule has 0 aliphatic heterocycles. The third-order valence-corrected chi connectivity index (χ3v) is 3.25. The Hall–Kier alpha value is -1.42. The zero-order valence-corrected chi connectivity index (χ0v) is 11.6. The van der Waals surface area contributed by atoms with Gasteiger partial charge >= 0.3 is 0 Å². The molecule has 3 nitrogen and oxygen atoms in total. The third-order valence-electron chi connectivity index (χ3n) is 2.35. The van der Waals surface area contributed by atoms with Gasteiger partial charge < -0.3 is 10.1 Å². The number of methoxy groups -OCH3 is 1. The van der Waals surface area contributed by atoms with E-state index in [1.165, 1.54) is 0 Å². The van der Waals surface area contributed by atoms with Gasteiger partial charge in [0.05, 0.1) is 12.9 Å². The molecule has 0 saturated heterocycles. The van der Waals surface area contributed by atoms with E-state index in [4.69, 9.17) is 4.74 Å². The molecule has 4 heteroatoms. The summed E-state index contributed by atoms with van der Waals surface area (Å²) < 4.78 is 5.23. The fourth-order valence-electron chi connectivity index (χ4n) is 1.41. The lowest BCUT2D eigenvalue weighted by molar-refractivity contribution is -0.118. The number of carbonyl (C=O) groups is 1. The highest BCUT2D eigenvalue weighted by Gasteiger charge is 2.04. The minimum atomic E-state index is 0.0513. The van der Waals surface area contributed by atoms with E-state index < -0.39 is 0 Å². The quantitative estimate of drug-likeness (QED) is 0.608. The topological polar surface area (TPSA) is 38.3 Å². The standard InChI is InChI=1S/C14H19NO2S/c1-3-4-9-18-11-14(16)15-10-12-7-5-6-8-13(12)17-2/h3-8H,9-11H2,1-2H3,(H,15,16). The van der Waals surface area contributed by atoms with Crippen LogP contribution in [0.15, 0.2) is 36.4 Å². The van der Waals surface area contributed by atoms with Gasteiger partial charge in [-0.2, -0.15) is 0 Å². The van der Waals surface area contributed by atoms with Gasteiger partial charge in [-0.3, -0.25) is 4.79 Å². The summed E-state index contributed by atoms with van der Waals surface area (Å²) in [4.78, 5) is 11.6. The van der Waals surface area contributed by atoms with E-state index in [0.717, 1.165) is 17.1 Å². The number of thioether (sulfide) groups is 1. The van der Waals surface area contributed by atoms with Crippen LogP contribution in [0.4, 0.5) is 0 Å². The zero-order chi connectivity index (χ0) is 13.2. The molecule has 0 bridgehead atoms. The number of ether oxygens (including phenoxy) is 1. The summed E-state index contributed by atoms with van der Waals surface area (Å²) in [7, 11) is 1.63. The second-order valence-electron chi connectivity index (χ2n) is 3.67. The van der Waals surface area contributed by atoms with Crippen LogP contribution in [-0.2, 0) is 11.3 Å². The van der Waals surface area contributed by atoms with Gasteiger partial charge in [0.15, 0.2) is 0 Å². The first-order valence-electron chi connectivity index (χ1n) is 5.85. The minimum Gasteiger partial charge on any atom is -0.496 e. The lowest BCUT2D eigenvalue weighted by Crippen LogP contribution is -2.24. The summed E-state index contributed by atoms with van der Waals surface area (Å²) in [5.74, 6) is 2.22. The summed E-state index contributed by atoms with van der Waals surface area (Å²) in [5, 5.41) is 2.89. The number of allylic oxidation sites excluding steroid dienone is 1. The summed E-state index contributed by atoms with van der Waals surface area (Å²) in [5.41, 5.74) is 0.992. The predicted molar refractivity (Wildman–Crippen MR) is 77.0 cm³/mol. The fourth-order valence-corrected chi connectivity index (χ4v) is 2.14. The monoisotopic (exact) mass is 265 g/mol. The number of amides is 1. The van der Waals surface area contributed by atoms with Crippen molar-refractivity contribution < 1.29 is 9.53 Å². The maximum absolute atomic E-state index is 11.6. The van der Waals surface area contributed by atoms with Crippen molar-refractivity contribution >= 4 is 17.7 Å². The van der Waals surface area contributed by atoms with E-state index in [-0.39, 0.29) is 5.91 Å². The number of hydrogen-bond acceptors (Lipinski definition) is 3. The lowest BCUT2D eigenvalue weighted by Gasteiger charge is -2.09. The molecule has 0 fully saturated rings. The third kappa shape index (κ3) is 5.27. The molecule has 0 saturated carbocycles. The molecule has 1 aromatic rings. The molecule has 0 heterocycles. The second kappa shape index (κ2) is 8.64. The predicted octanol–water partition coefficient (Wildman–Crippen LogP) is 2.62. The van der Waals surface area contributed by atoms with Crippen molar-refractivity contribution in [2.45, 2.75) is 13.5 Å². The molecule has 1 amide bonds. The van der Waals surface area contributed by atoms with Gasteiger partial charge in [0, 0.05) is 17.9 Å². The molecule has 0 radical (unpaired) electrons. The Kier molecular flexibility index (Phi) is 7.03. The van der Waals surface area contributed by atoms with Crippen LogP contribution in [0.25, 0.3) is 0 Å². The van der Waals surface area contributed by atoms with Crippen LogP contribution in [0.2, 0.25) is 0 Å². The van der Waals surface area contributed by atoms with Crippen molar-refractivity contribution in [2.75, 3.05) is 18.6 Å². The first-order chi connectivity index (χ1) is 8.77. The molecule has 0 unspecified atom stereocenters. The average Bonchev–Trinajstić information content (AvgIpc) is 2.41. The maximum atomic E-state index is 11.6. The Labute approximate surface area is 113 Å². The number of hydrogen-bond donors (Lipinski definition) is 1. The molecule has 1 aromatic carbocycles. The Morgan fingerprint density at radius 2 is 2.22 bits per heavy atom. The molecule has 18 heavy (non-hydrogen) atoms. The van der Waals surface area contributed by atoms with Gasteiger partial charge in [-0.15, -0.1) is 11.8 Å². The normalized spacial score (nSPS) is 10.6. The molecule has 0 spiro atoms. The van der Waals surface area contributed by atoms with Crippen molar-refractivity contribution in [2.24, 2.45) is 0 Å². The smallest absolute Gasteiger partial charge is 0.230 e. The van der Waals surface area contributed by atoms with E-state index in [0.29, 0.717) is 12.3 Å². The van der Waals surface area contributed by atoms with E-state index in [9.17, 15) is 4.79 Å². The molecular weight excluding hydrogens is 246 g/mol. The number of para-hydroxylation sites is 1. The van der Waals surface area contributed by atoms with Crippen molar-refractivity contribution in [3.05, 3.63) is 42.0 Å². The molecule has 1 N–H and O–H groups in total. The van der Waals surface area contributed by atoms with Gasteiger partial charge in [0.25, 0.3) is 0 Å². The van der Waals surface area contributed by atoms with Crippen molar-refractivity contribution in [3.63, 3.8) is 0 Å². The van der Waals surface area contributed by atoms with Gasteiger partial charge in [0.1, 0.15) is 5.75 Å². The van der Waals surface area contributed by atoms with Crippen LogP contribution in [0.3, 0.4) is 0 Å². The van der Waals surface area contributed by atoms with Crippen molar-refractivity contribution in [1.82, 2.24) is 5.32 Å². The van der Waals surface area contributed by atoms with Crippen LogP contribution in [0, 0.1) is 0 Å². The van der Waals surface area contributed by atoms with Crippen LogP contribution >= 0.6 is 11.8 Å². The highest BCUT2D eigenvalue weighted by molar-refractivity contribution is 8.00. The average molecular weight is 265 g/mol. The van der Waals surface area contributed by atoms with Crippen molar-refractivity contribution in [3.8, 4) is 5.75 Å². The number of carbonyl (C=O) groups excluding carboxylic acids is 1. The lowest BCUT2D eigenvalue weighted by atomic mass is 10.2. The first-order valence-corrected chi connectivity index (χ1v) is 7.01. The van der Waals surface area contributed by atoms with E-state index in [1.54, 1.807) is 18.9 Å². The van der Waals surface area contributed by atoms with Crippen LogP contribution in [0.1, 0.15) is 12.5 Å². The number of rotatable bonds is 7. The molecule has 1 rings (SSSR count). The molecule has 0 atom stereocenters. The maximum Gasteiger partial charge on any atom is 0.230 e. The van der Waals surface area contributed by atoms with Gasteiger partial charge in [0.2, 0.25) is 5.91 Å². The Balaban J connectivity index is 2.33.